The smallest absolute Gasteiger partial charge is 0.0233 e. The monoisotopic (exact) mass is 306 g/mol. The molecule has 2 unspecified atom stereocenters. The summed E-state index contributed by atoms with van der Waals surface area (Å²) in [6, 6.07) is 9.56. The van der Waals surface area contributed by atoms with Gasteiger partial charge in [0.2, 0.25) is 0 Å². The van der Waals surface area contributed by atoms with E-state index >= 15 is 0 Å². The molecule has 3 heteroatoms. The lowest BCUT2D eigenvalue weighted by Crippen LogP contribution is -2.46. The minimum absolute atomic E-state index is 0. The third-order valence-electron chi connectivity index (χ3n) is 5.67. The zero-order valence-electron chi connectivity index (χ0n) is 13.0. The standard InChI is InChI=1S/C18H26N2.ClH/c1-20(18-10-16-7-8-17(11-18)19-16)12-13-5-6-14-3-2-4-15(14)9-13;/h5-6,9,16-19H,2-4,7-8,10-12H2,1H3;1H. The van der Waals surface area contributed by atoms with Crippen molar-refractivity contribution in [2.45, 2.75) is 69.6 Å². The summed E-state index contributed by atoms with van der Waals surface area (Å²) in [4.78, 5) is 2.60. The molecule has 2 atom stereocenters. The Kier molecular flexibility index (Phi) is 4.58. The number of piperidine rings is 1. The van der Waals surface area contributed by atoms with Crippen molar-refractivity contribution >= 4 is 12.4 Å². The summed E-state index contributed by atoms with van der Waals surface area (Å²) in [5.74, 6) is 0. The first-order valence-electron chi connectivity index (χ1n) is 8.35. The number of hydrogen-bond donors (Lipinski definition) is 1. The Morgan fingerprint density at radius 2 is 1.81 bits per heavy atom. The number of hydrogen-bond acceptors (Lipinski definition) is 2. The molecule has 4 rings (SSSR count). The molecule has 1 aliphatic carbocycles. The molecule has 2 nitrogen and oxygen atoms in total. The molecule has 0 saturated carbocycles. The van der Waals surface area contributed by atoms with Gasteiger partial charge in [0.05, 0.1) is 0 Å². The van der Waals surface area contributed by atoms with Crippen molar-refractivity contribution in [3.63, 3.8) is 0 Å². The Labute approximate surface area is 134 Å². The largest absolute Gasteiger partial charge is 0.311 e. The van der Waals surface area contributed by atoms with Crippen LogP contribution in [-0.4, -0.2) is 30.1 Å². The average Bonchev–Trinajstić information content (AvgIpc) is 3.04. The van der Waals surface area contributed by atoms with Crippen LogP contribution in [0.1, 0.15) is 48.8 Å². The van der Waals surface area contributed by atoms with Crippen molar-refractivity contribution in [2.24, 2.45) is 0 Å². The van der Waals surface area contributed by atoms with E-state index in [4.69, 9.17) is 0 Å². The third-order valence-corrected chi connectivity index (χ3v) is 5.67. The number of aryl methyl sites for hydroxylation is 2. The molecule has 0 amide bonds. The highest BCUT2D eigenvalue weighted by Gasteiger charge is 2.34. The summed E-state index contributed by atoms with van der Waals surface area (Å²) in [5, 5.41) is 3.75. The highest BCUT2D eigenvalue weighted by atomic mass is 35.5. The van der Waals surface area contributed by atoms with Gasteiger partial charge in [-0.05, 0) is 68.7 Å². The maximum absolute atomic E-state index is 3.75. The average molecular weight is 307 g/mol. The summed E-state index contributed by atoms with van der Waals surface area (Å²) < 4.78 is 0. The van der Waals surface area contributed by atoms with Crippen molar-refractivity contribution < 1.29 is 0 Å². The molecule has 2 fully saturated rings. The molecule has 2 saturated heterocycles. The molecule has 2 heterocycles. The molecule has 116 valence electrons. The van der Waals surface area contributed by atoms with Crippen LogP contribution < -0.4 is 5.32 Å². The lowest BCUT2D eigenvalue weighted by atomic mass is 9.97. The SMILES string of the molecule is CN(Cc1ccc2c(c1)CCC2)C1CC2CCC(C1)N2.Cl. The quantitative estimate of drug-likeness (QED) is 0.921. The van der Waals surface area contributed by atoms with Gasteiger partial charge in [-0.25, -0.2) is 0 Å². The number of fused-ring (bicyclic) bond motifs is 3. The molecule has 1 N–H and O–H groups in total. The van der Waals surface area contributed by atoms with Crippen LogP contribution in [-0.2, 0) is 19.4 Å². The minimum Gasteiger partial charge on any atom is -0.311 e. The topological polar surface area (TPSA) is 15.3 Å². The highest BCUT2D eigenvalue weighted by molar-refractivity contribution is 5.85. The van der Waals surface area contributed by atoms with Crippen LogP contribution in [0.15, 0.2) is 18.2 Å². The summed E-state index contributed by atoms with van der Waals surface area (Å²) >= 11 is 0. The molecule has 3 aliphatic rings. The number of rotatable bonds is 3. The lowest BCUT2D eigenvalue weighted by Gasteiger charge is -2.35. The summed E-state index contributed by atoms with van der Waals surface area (Å²) in [5.41, 5.74) is 4.72. The predicted octanol–water partition coefficient (Wildman–Crippen LogP) is 3.31. The van der Waals surface area contributed by atoms with Gasteiger partial charge in [0.25, 0.3) is 0 Å². The lowest BCUT2D eigenvalue weighted by molar-refractivity contribution is 0.166. The molecule has 21 heavy (non-hydrogen) atoms. The van der Waals surface area contributed by atoms with E-state index < -0.39 is 0 Å². The van der Waals surface area contributed by atoms with Crippen molar-refractivity contribution in [2.75, 3.05) is 7.05 Å². The Balaban J connectivity index is 0.00000132. The van der Waals surface area contributed by atoms with Gasteiger partial charge in [0, 0.05) is 24.7 Å². The first-order chi connectivity index (χ1) is 9.78. The zero-order valence-corrected chi connectivity index (χ0v) is 13.8. The predicted molar refractivity (Wildman–Crippen MR) is 90.1 cm³/mol. The van der Waals surface area contributed by atoms with Crippen LogP contribution in [0.3, 0.4) is 0 Å². The van der Waals surface area contributed by atoms with E-state index in [0.29, 0.717) is 0 Å². The van der Waals surface area contributed by atoms with Gasteiger partial charge in [-0.15, -0.1) is 12.4 Å². The summed E-state index contributed by atoms with van der Waals surface area (Å²) in [6.45, 7) is 1.12. The fourth-order valence-corrected chi connectivity index (χ4v) is 4.53. The molecule has 0 spiro atoms. The van der Waals surface area contributed by atoms with Crippen LogP contribution in [0, 0.1) is 0 Å². The van der Waals surface area contributed by atoms with Crippen molar-refractivity contribution in [3.8, 4) is 0 Å². The number of halogens is 1. The molecule has 1 aromatic carbocycles. The second-order valence-corrected chi connectivity index (χ2v) is 7.13. The van der Waals surface area contributed by atoms with Gasteiger partial charge < -0.3 is 5.32 Å². The van der Waals surface area contributed by atoms with Crippen molar-refractivity contribution in [3.05, 3.63) is 34.9 Å². The van der Waals surface area contributed by atoms with E-state index in [1.807, 2.05) is 0 Å². The number of nitrogens with zero attached hydrogens (tertiary/aromatic N) is 1. The third kappa shape index (κ3) is 3.13. The molecular formula is C18H27ClN2. The van der Waals surface area contributed by atoms with Gasteiger partial charge >= 0.3 is 0 Å². The van der Waals surface area contributed by atoms with Gasteiger partial charge in [0.1, 0.15) is 0 Å². The molecule has 0 aromatic heterocycles. The van der Waals surface area contributed by atoms with Crippen LogP contribution in [0.4, 0.5) is 0 Å². The minimum atomic E-state index is 0. The van der Waals surface area contributed by atoms with Gasteiger partial charge in [-0.2, -0.15) is 0 Å². The maximum atomic E-state index is 3.75. The maximum Gasteiger partial charge on any atom is 0.0233 e. The van der Waals surface area contributed by atoms with Gasteiger partial charge in [0.15, 0.2) is 0 Å². The Bertz CT molecular complexity index is 490. The molecule has 0 radical (unpaired) electrons. The first-order valence-corrected chi connectivity index (χ1v) is 8.35. The second-order valence-electron chi connectivity index (χ2n) is 7.13. The van der Waals surface area contributed by atoms with E-state index in [1.54, 1.807) is 11.1 Å². The van der Waals surface area contributed by atoms with Crippen LogP contribution in [0.5, 0.6) is 0 Å². The van der Waals surface area contributed by atoms with E-state index in [0.717, 1.165) is 24.7 Å². The fraction of sp³-hybridized carbons (Fsp3) is 0.667. The van der Waals surface area contributed by atoms with Gasteiger partial charge in [-0.1, -0.05) is 18.2 Å². The van der Waals surface area contributed by atoms with E-state index in [1.165, 1.54) is 50.5 Å². The van der Waals surface area contributed by atoms with Crippen LogP contribution in [0.25, 0.3) is 0 Å². The Hall–Kier alpha value is -0.570. The second kappa shape index (κ2) is 6.28. The first kappa shape index (κ1) is 15.3. The molecular weight excluding hydrogens is 280 g/mol. The number of benzene rings is 1. The Morgan fingerprint density at radius 3 is 2.57 bits per heavy atom. The highest BCUT2D eigenvalue weighted by Crippen LogP contribution is 2.30. The zero-order chi connectivity index (χ0) is 13.5. The Morgan fingerprint density at radius 1 is 1.10 bits per heavy atom. The molecule has 1 aromatic rings. The fourth-order valence-electron chi connectivity index (χ4n) is 4.53. The number of nitrogens with one attached hydrogen (secondary N) is 1. The van der Waals surface area contributed by atoms with E-state index in [2.05, 4.69) is 35.5 Å². The van der Waals surface area contributed by atoms with Gasteiger partial charge in [-0.3, -0.25) is 4.90 Å². The molecule has 2 bridgehead atoms. The van der Waals surface area contributed by atoms with Crippen LogP contribution >= 0.6 is 12.4 Å². The van der Waals surface area contributed by atoms with E-state index in [9.17, 15) is 0 Å². The van der Waals surface area contributed by atoms with Crippen molar-refractivity contribution in [1.29, 1.82) is 0 Å². The van der Waals surface area contributed by atoms with Crippen LogP contribution in [0.2, 0.25) is 0 Å². The summed E-state index contributed by atoms with van der Waals surface area (Å²) in [7, 11) is 2.32. The normalized spacial score (nSPS) is 30.3. The van der Waals surface area contributed by atoms with E-state index in [-0.39, 0.29) is 12.4 Å². The van der Waals surface area contributed by atoms with Crippen molar-refractivity contribution in [1.82, 2.24) is 10.2 Å². The molecule has 2 aliphatic heterocycles. The summed E-state index contributed by atoms with van der Waals surface area (Å²) in [6.07, 6.45) is 9.43.